The van der Waals surface area contributed by atoms with Crippen molar-refractivity contribution in [1.29, 1.82) is 0 Å². The summed E-state index contributed by atoms with van der Waals surface area (Å²) in [5.41, 5.74) is 8.33. The van der Waals surface area contributed by atoms with E-state index in [0.717, 1.165) is 35.3 Å². The molecule has 0 spiro atoms. The van der Waals surface area contributed by atoms with Crippen LogP contribution in [-0.2, 0) is 0 Å². The van der Waals surface area contributed by atoms with E-state index < -0.39 is 0 Å². The number of nitrogens with zero attached hydrogens (tertiary/aromatic N) is 4. The fourth-order valence-electron chi connectivity index (χ4n) is 3.26. The summed E-state index contributed by atoms with van der Waals surface area (Å²) < 4.78 is 2.27. The van der Waals surface area contributed by atoms with E-state index in [1.54, 1.807) is 13.2 Å². The van der Waals surface area contributed by atoms with Crippen molar-refractivity contribution in [3.8, 4) is 0 Å². The van der Waals surface area contributed by atoms with Crippen molar-refractivity contribution in [1.82, 2.24) is 14.5 Å². The van der Waals surface area contributed by atoms with Crippen LogP contribution in [0.5, 0.6) is 0 Å². The first kappa shape index (κ1) is 15.0. The summed E-state index contributed by atoms with van der Waals surface area (Å²) in [6, 6.07) is 2.50. The van der Waals surface area contributed by atoms with Crippen molar-refractivity contribution in [2.75, 3.05) is 7.05 Å². The van der Waals surface area contributed by atoms with E-state index in [4.69, 9.17) is 17.3 Å². The molecule has 0 saturated heterocycles. The van der Waals surface area contributed by atoms with Crippen molar-refractivity contribution < 1.29 is 0 Å². The zero-order chi connectivity index (χ0) is 15.5. The summed E-state index contributed by atoms with van der Waals surface area (Å²) in [6.07, 6.45) is 11.2. The van der Waals surface area contributed by atoms with Gasteiger partial charge in [0.2, 0.25) is 5.28 Å². The number of hydrogen-bond donors (Lipinski definition) is 1. The van der Waals surface area contributed by atoms with Crippen molar-refractivity contribution in [3.05, 3.63) is 35.5 Å². The second-order valence-electron chi connectivity index (χ2n) is 5.58. The van der Waals surface area contributed by atoms with Gasteiger partial charge in [-0.2, -0.15) is 4.98 Å². The Bertz CT molecular complexity index is 725. The van der Waals surface area contributed by atoms with Gasteiger partial charge in [-0.1, -0.05) is 19.3 Å². The van der Waals surface area contributed by atoms with Crippen LogP contribution in [0.25, 0.3) is 11.0 Å². The number of rotatable bonds is 3. The van der Waals surface area contributed by atoms with Gasteiger partial charge in [0.1, 0.15) is 5.65 Å². The summed E-state index contributed by atoms with van der Waals surface area (Å²) in [5, 5.41) is 1.26. The average Bonchev–Trinajstić information content (AvgIpc) is 2.91. The van der Waals surface area contributed by atoms with Gasteiger partial charge in [0.05, 0.1) is 11.4 Å². The molecule has 2 aromatic heterocycles. The predicted molar refractivity (Wildman–Crippen MR) is 90.4 cm³/mol. The molecule has 2 N–H and O–H groups in total. The standard InChI is InChI=1S/C16H20ClN5/c1-19-13(7-8-18)14-9-11-10-20-16(17)21-15(11)22(14)12-5-3-2-4-6-12/h7-10,12H,2-6,18H2,1H3/b8-7-,19-13?. The Kier molecular flexibility index (Phi) is 4.43. The Morgan fingerprint density at radius 3 is 2.86 bits per heavy atom. The van der Waals surface area contributed by atoms with Crippen LogP contribution in [0.1, 0.15) is 43.8 Å². The Morgan fingerprint density at radius 2 is 2.18 bits per heavy atom. The zero-order valence-corrected chi connectivity index (χ0v) is 13.4. The first-order chi connectivity index (χ1) is 10.7. The fourth-order valence-corrected chi connectivity index (χ4v) is 3.39. The molecule has 5 nitrogen and oxygen atoms in total. The van der Waals surface area contributed by atoms with E-state index in [0.29, 0.717) is 6.04 Å². The van der Waals surface area contributed by atoms with E-state index in [1.807, 2.05) is 6.08 Å². The second kappa shape index (κ2) is 6.48. The SMILES string of the molecule is CN=C(/C=C\N)c1cc2cnc(Cl)nc2n1C1CCCCC1. The lowest BCUT2D eigenvalue weighted by Crippen LogP contribution is -2.18. The van der Waals surface area contributed by atoms with Crippen LogP contribution in [0.3, 0.4) is 0 Å². The largest absolute Gasteiger partial charge is 0.405 e. The number of fused-ring (bicyclic) bond motifs is 1. The van der Waals surface area contributed by atoms with Crippen LogP contribution < -0.4 is 5.73 Å². The predicted octanol–water partition coefficient (Wildman–Crippen LogP) is 3.48. The van der Waals surface area contributed by atoms with E-state index in [9.17, 15) is 0 Å². The van der Waals surface area contributed by atoms with Crippen LogP contribution in [0.4, 0.5) is 0 Å². The molecule has 0 aromatic carbocycles. The maximum atomic E-state index is 6.01. The number of hydrogen-bond acceptors (Lipinski definition) is 4. The second-order valence-corrected chi connectivity index (χ2v) is 5.92. The summed E-state index contributed by atoms with van der Waals surface area (Å²) >= 11 is 6.01. The molecule has 0 radical (unpaired) electrons. The van der Waals surface area contributed by atoms with Crippen molar-refractivity contribution in [3.63, 3.8) is 0 Å². The lowest BCUT2D eigenvalue weighted by Gasteiger charge is -2.26. The molecule has 22 heavy (non-hydrogen) atoms. The van der Waals surface area contributed by atoms with Gasteiger partial charge >= 0.3 is 0 Å². The topological polar surface area (TPSA) is 69.1 Å². The van der Waals surface area contributed by atoms with Crippen LogP contribution in [-0.4, -0.2) is 27.3 Å². The Hall–Kier alpha value is -1.88. The van der Waals surface area contributed by atoms with Crippen LogP contribution in [0.2, 0.25) is 5.28 Å². The lowest BCUT2D eigenvalue weighted by molar-refractivity contribution is 0.358. The summed E-state index contributed by atoms with van der Waals surface area (Å²) in [4.78, 5) is 12.9. The van der Waals surface area contributed by atoms with E-state index in [-0.39, 0.29) is 5.28 Å². The Morgan fingerprint density at radius 1 is 1.41 bits per heavy atom. The molecule has 0 unspecified atom stereocenters. The molecule has 0 amide bonds. The van der Waals surface area contributed by atoms with Gasteiger partial charge in [-0.15, -0.1) is 0 Å². The summed E-state index contributed by atoms with van der Waals surface area (Å²) in [7, 11) is 1.77. The smallest absolute Gasteiger partial charge is 0.224 e. The molecular weight excluding hydrogens is 298 g/mol. The normalized spacial score (nSPS) is 17.6. The number of aromatic nitrogens is 3. The van der Waals surface area contributed by atoms with Crippen LogP contribution in [0, 0.1) is 0 Å². The third-order valence-corrected chi connectivity index (χ3v) is 4.43. The van der Waals surface area contributed by atoms with Gasteiger partial charge in [0.25, 0.3) is 0 Å². The maximum Gasteiger partial charge on any atom is 0.224 e. The molecule has 116 valence electrons. The molecule has 1 saturated carbocycles. The first-order valence-corrected chi connectivity index (χ1v) is 8.01. The molecule has 6 heteroatoms. The van der Waals surface area contributed by atoms with Crippen LogP contribution >= 0.6 is 11.6 Å². The van der Waals surface area contributed by atoms with E-state index in [1.165, 1.54) is 25.5 Å². The highest BCUT2D eigenvalue weighted by atomic mass is 35.5. The number of allylic oxidation sites excluding steroid dienone is 1. The minimum absolute atomic E-state index is 0.276. The number of halogens is 1. The first-order valence-electron chi connectivity index (χ1n) is 7.63. The van der Waals surface area contributed by atoms with Gasteiger partial charge in [-0.05, 0) is 42.8 Å². The molecular formula is C16H20ClN5. The maximum absolute atomic E-state index is 6.01. The molecule has 2 heterocycles. The van der Waals surface area contributed by atoms with Crippen LogP contribution in [0.15, 0.2) is 29.5 Å². The highest BCUT2D eigenvalue weighted by Gasteiger charge is 2.23. The zero-order valence-electron chi connectivity index (χ0n) is 12.7. The van der Waals surface area contributed by atoms with Gasteiger partial charge in [0, 0.05) is 24.7 Å². The van der Waals surface area contributed by atoms with Crippen molar-refractivity contribution in [2.45, 2.75) is 38.1 Å². The summed E-state index contributed by atoms with van der Waals surface area (Å²) in [5.74, 6) is 0. The van der Waals surface area contributed by atoms with Gasteiger partial charge in [0.15, 0.2) is 0 Å². The average molecular weight is 318 g/mol. The monoisotopic (exact) mass is 317 g/mol. The third kappa shape index (κ3) is 2.73. The van der Waals surface area contributed by atoms with Crippen molar-refractivity contribution in [2.24, 2.45) is 10.7 Å². The minimum atomic E-state index is 0.276. The summed E-state index contributed by atoms with van der Waals surface area (Å²) in [6.45, 7) is 0. The molecule has 0 bridgehead atoms. The quantitative estimate of drug-likeness (QED) is 0.696. The van der Waals surface area contributed by atoms with E-state index >= 15 is 0 Å². The molecule has 2 aromatic rings. The minimum Gasteiger partial charge on any atom is -0.405 e. The molecule has 1 fully saturated rings. The Labute approximate surface area is 134 Å². The molecule has 1 aliphatic rings. The number of nitrogens with two attached hydrogens (primary N) is 1. The van der Waals surface area contributed by atoms with Gasteiger partial charge in [-0.3, -0.25) is 4.99 Å². The van der Waals surface area contributed by atoms with Gasteiger partial charge < -0.3 is 10.3 Å². The van der Waals surface area contributed by atoms with Crippen molar-refractivity contribution >= 4 is 28.3 Å². The lowest BCUT2D eigenvalue weighted by atomic mass is 9.95. The van der Waals surface area contributed by atoms with E-state index in [2.05, 4.69) is 25.6 Å². The third-order valence-electron chi connectivity index (χ3n) is 4.24. The molecule has 1 aliphatic carbocycles. The fraction of sp³-hybridized carbons (Fsp3) is 0.438. The Balaban J connectivity index is 2.21. The highest BCUT2D eigenvalue weighted by Crippen LogP contribution is 2.33. The molecule has 3 rings (SSSR count). The molecule has 0 aliphatic heterocycles. The van der Waals surface area contributed by atoms with Gasteiger partial charge in [-0.25, -0.2) is 4.98 Å². The highest BCUT2D eigenvalue weighted by molar-refractivity contribution is 6.28. The number of aliphatic imine (C=N–C) groups is 1. The molecule has 0 atom stereocenters.